The van der Waals surface area contributed by atoms with Gasteiger partial charge in [-0.25, -0.2) is 4.79 Å². The number of hydrogen-bond donors (Lipinski definition) is 1. The Hall–Kier alpha value is -2.44. The zero-order chi connectivity index (χ0) is 15.6. The van der Waals surface area contributed by atoms with Crippen molar-refractivity contribution in [3.05, 3.63) is 11.6 Å². The molecule has 2 rings (SSSR count). The quantitative estimate of drug-likeness (QED) is 0.863. The SMILES string of the molecule is COc1c(NC(=O)OC(C)(C)C)cc2c(c1C=O)OCO2. The molecule has 7 nitrogen and oxygen atoms in total. The highest BCUT2D eigenvalue weighted by Gasteiger charge is 2.26. The van der Waals surface area contributed by atoms with Gasteiger partial charge in [-0.3, -0.25) is 10.1 Å². The lowest BCUT2D eigenvalue weighted by Gasteiger charge is -2.20. The Morgan fingerprint density at radius 3 is 2.67 bits per heavy atom. The number of amides is 1. The predicted molar refractivity (Wildman–Crippen MR) is 74.4 cm³/mol. The summed E-state index contributed by atoms with van der Waals surface area (Å²) in [4.78, 5) is 23.1. The molecule has 1 heterocycles. The first-order chi connectivity index (χ1) is 9.85. The Morgan fingerprint density at radius 2 is 2.10 bits per heavy atom. The van der Waals surface area contributed by atoms with E-state index in [1.807, 2.05) is 0 Å². The van der Waals surface area contributed by atoms with E-state index in [9.17, 15) is 9.59 Å². The number of carbonyl (C=O) groups is 2. The van der Waals surface area contributed by atoms with E-state index < -0.39 is 11.7 Å². The highest BCUT2D eigenvalue weighted by molar-refractivity contribution is 5.95. The molecule has 0 aliphatic carbocycles. The standard InChI is InChI=1S/C14H17NO6/c1-14(2,3)21-13(17)15-9-5-10-12(20-7-19-10)8(6-16)11(9)18-4/h5-6H,7H2,1-4H3,(H,15,17). The van der Waals surface area contributed by atoms with Gasteiger partial charge >= 0.3 is 6.09 Å². The molecular weight excluding hydrogens is 278 g/mol. The van der Waals surface area contributed by atoms with Crippen LogP contribution >= 0.6 is 0 Å². The lowest BCUT2D eigenvalue weighted by Crippen LogP contribution is -2.27. The van der Waals surface area contributed by atoms with Crippen molar-refractivity contribution in [2.24, 2.45) is 0 Å². The van der Waals surface area contributed by atoms with Crippen molar-refractivity contribution in [1.29, 1.82) is 0 Å². The average molecular weight is 295 g/mol. The first-order valence-corrected chi connectivity index (χ1v) is 6.31. The molecule has 7 heteroatoms. The largest absolute Gasteiger partial charge is 0.494 e. The number of methoxy groups -OCH3 is 1. The maximum Gasteiger partial charge on any atom is 0.412 e. The summed E-state index contributed by atoms with van der Waals surface area (Å²) in [6, 6.07) is 1.53. The van der Waals surface area contributed by atoms with E-state index in [-0.39, 0.29) is 23.8 Å². The molecular formula is C14H17NO6. The lowest BCUT2D eigenvalue weighted by atomic mass is 10.1. The molecule has 0 bridgehead atoms. The molecule has 0 saturated carbocycles. The van der Waals surface area contributed by atoms with Crippen molar-refractivity contribution < 1.29 is 28.5 Å². The predicted octanol–water partition coefficient (Wildman–Crippen LogP) is 2.58. The number of rotatable bonds is 3. The molecule has 0 atom stereocenters. The van der Waals surface area contributed by atoms with Crippen molar-refractivity contribution >= 4 is 18.1 Å². The van der Waals surface area contributed by atoms with Gasteiger partial charge in [0.25, 0.3) is 0 Å². The molecule has 1 aromatic carbocycles. The number of aldehydes is 1. The lowest BCUT2D eigenvalue weighted by molar-refractivity contribution is 0.0635. The Kier molecular flexibility index (Phi) is 3.93. The van der Waals surface area contributed by atoms with E-state index in [4.69, 9.17) is 18.9 Å². The van der Waals surface area contributed by atoms with Gasteiger partial charge < -0.3 is 18.9 Å². The normalized spacial score (nSPS) is 12.8. The highest BCUT2D eigenvalue weighted by Crippen LogP contribution is 2.44. The molecule has 0 radical (unpaired) electrons. The van der Waals surface area contributed by atoms with Crippen LogP contribution in [0.25, 0.3) is 0 Å². The number of benzene rings is 1. The molecule has 1 aliphatic heterocycles. The third-order valence-corrected chi connectivity index (χ3v) is 2.61. The van der Waals surface area contributed by atoms with Crippen molar-refractivity contribution in [3.8, 4) is 17.2 Å². The van der Waals surface area contributed by atoms with Crippen LogP contribution in [0.1, 0.15) is 31.1 Å². The van der Waals surface area contributed by atoms with Crippen LogP contribution in [0.15, 0.2) is 6.07 Å². The van der Waals surface area contributed by atoms with Gasteiger partial charge in [0.15, 0.2) is 23.5 Å². The third-order valence-electron chi connectivity index (χ3n) is 2.61. The maximum atomic E-state index is 11.8. The van der Waals surface area contributed by atoms with Gasteiger partial charge in [0, 0.05) is 6.07 Å². The number of ether oxygens (including phenoxy) is 4. The monoisotopic (exact) mass is 295 g/mol. The van der Waals surface area contributed by atoms with E-state index in [0.717, 1.165) is 0 Å². The molecule has 1 amide bonds. The molecule has 1 aromatic rings. The van der Waals surface area contributed by atoms with Crippen LogP contribution in [0, 0.1) is 0 Å². The highest BCUT2D eigenvalue weighted by atomic mass is 16.7. The summed E-state index contributed by atoms with van der Waals surface area (Å²) >= 11 is 0. The van der Waals surface area contributed by atoms with Crippen molar-refractivity contribution in [2.45, 2.75) is 26.4 Å². The summed E-state index contributed by atoms with van der Waals surface area (Å²) in [5.74, 6) is 0.862. The van der Waals surface area contributed by atoms with Crippen LogP contribution in [0.3, 0.4) is 0 Å². The van der Waals surface area contributed by atoms with Crippen LogP contribution in [-0.4, -0.2) is 31.9 Å². The number of hydrogen-bond acceptors (Lipinski definition) is 6. The first-order valence-electron chi connectivity index (χ1n) is 6.31. The van der Waals surface area contributed by atoms with Gasteiger partial charge in [-0.15, -0.1) is 0 Å². The smallest absolute Gasteiger partial charge is 0.412 e. The van der Waals surface area contributed by atoms with Crippen molar-refractivity contribution in [2.75, 3.05) is 19.2 Å². The van der Waals surface area contributed by atoms with E-state index in [0.29, 0.717) is 17.8 Å². The first kappa shape index (κ1) is 15.0. The minimum absolute atomic E-state index is 0.00915. The fourth-order valence-corrected chi connectivity index (χ4v) is 1.88. The van der Waals surface area contributed by atoms with Gasteiger partial charge in [0.05, 0.1) is 12.8 Å². The average Bonchev–Trinajstić information content (AvgIpc) is 2.82. The van der Waals surface area contributed by atoms with E-state index in [1.165, 1.54) is 13.2 Å². The zero-order valence-corrected chi connectivity index (χ0v) is 12.3. The second kappa shape index (κ2) is 5.51. The number of anilines is 1. The molecule has 1 aliphatic rings. The van der Waals surface area contributed by atoms with Crippen LogP contribution < -0.4 is 19.5 Å². The molecule has 114 valence electrons. The summed E-state index contributed by atoms with van der Waals surface area (Å²) in [5, 5.41) is 2.54. The topological polar surface area (TPSA) is 83.1 Å². The summed E-state index contributed by atoms with van der Waals surface area (Å²) in [6.45, 7) is 5.26. The number of nitrogens with one attached hydrogen (secondary N) is 1. The second-order valence-electron chi connectivity index (χ2n) is 5.35. The maximum absolute atomic E-state index is 11.8. The Labute approximate surface area is 122 Å². The molecule has 0 spiro atoms. The molecule has 0 saturated heterocycles. The summed E-state index contributed by atoms with van der Waals surface area (Å²) in [7, 11) is 1.39. The van der Waals surface area contributed by atoms with Crippen LogP contribution in [0.4, 0.5) is 10.5 Å². The minimum Gasteiger partial charge on any atom is -0.494 e. The van der Waals surface area contributed by atoms with Crippen LogP contribution in [0.2, 0.25) is 0 Å². The van der Waals surface area contributed by atoms with Gasteiger partial charge in [-0.1, -0.05) is 0 Å². The minimum atomic E-state index is -0.656. The third kappa shape index (κ3) is 3.18. The van der Waals surface area contributed by atoms with Gasteiger partial charge in [0.2, 0.25) is 6.79 Å². The van der Waals surface area contributed by atoms with E-state index >= 15 is 0 Å². The Balaban J connectivity index is 2.35. The summed E-state index contributed by atoms with van der Waals surface area (Å²) in [5.41, 5.74) is -0.183. The summed E-state index contributed by atoms with van der Waals surface area (Å²) in [6.07, 6.45) is -0.0661. The van der Waals surface area contributed by atoms with Crippen LogP contribution in [-0.2, 0) is 4.74 Å². The fourth-order valence-electron chi connectivity index (χ4n) is 1.88. The Morgan fingerprint density at radius 1 is 1.38 bits per heavy atom. The van der Waals surface area contributed by atoms with Crippen molar-refractivity contribution in [3.63, 3.8) is 0 Å². The number of fused-ring (bicyclic) bond motifs is 1. The molecule has 0 unspecified atom stereocenters. The molecule has 1 N–H and O–H groups in total. The van der Waals surface area contributed by atoms with E-state index in [1.54, 1.807) is 20.8 Å². The molecule has 0 aromatic heterocycles. The van der Waals surface area contributed by atoms with Gasteiger partial charge in [-0.05, 0) is 20.8 Å². The Bertz CT molecular complexity index is 576. The second-order valence-corrected chi connectivity index (χ2v) is 5.35. The summed E-state index contributed by atoms with van der Waals surface area (Å²) < 4.78 is 20.8. The molecule has 21 heavy (non-hydrogen) atoms. The van der Waals surface area contributed by atoms with Crippen LogP contribution in [0.5, 0.6) is 17.2 Å². The van der Waals surface area contributed by atoms with Gasteiger partial charge in [-0.2, -0.15) is 0 Å². The zero-order valence-electron chi connectivity index (χ0n) is 12.3. The molecule has 0 fully saturated rings. The fraction of sp³-hybridized carbons (Fsp3) is 0.429. The van der Waals surface area contributed by atoms with E-state index in [2.05, 4.69) is 5.32 Å². The number of carbonyl (C=O) groups excluding carboxylic acids is 2. The van der Waals surface area contributed by atoms with Gasteiger partial charge in [0.1, 0.15) is 11.2 Å². The van der Waals surface area contributed by atoms with Crippen molar-refractivity contribution in [1.82, 2.24) is 0 Å².